The topological polar surface area (TPSA) is 41.5 Å². The Balaban J connectivity index is 1.70. The van der Waals surface area contributed by atoms with E-state index >= 15 is 0 Å². The van der Waals surface area contributed by atoms with Crippen LogP contribution in [0.1, 0.15) is 32.6 Å². The van der Waals surface area contributed by atoms with Crippen molar-refractivity contribution in [1.82, 2.24) is 0 Å². The molecular formula is C17H27NO2S. The molecular weight excluding hydrogens is 282 g/mol. The first-order chi connectivity index (χ1) is 10.2. The summed E-state index contributed by atoms with van der Waals surface area (Å²) in [6.45, 7) is 3.23. The first-order valence-electron chi connectivity index (χ1n) is 7.85. The third-order valence-corrected chi connectivity index (χ3v) is 4.84. The van der Waals surface area contributed by atoms with E-state index in [1.54, 1.807) is 11.8 Å². The van der Waals surface area contributed by atoms with Crippen molar-refractivity contribution >= 4 is 17.4 Å². The van der Waals surface area contributed by atoms with Crippen molar-refractivity contribution in [2.24, 2.45) is 5.92 Å². The van der Waals surface area contributed by atoms with E-state index in [1.807, 2.05) is 18.2 Å². The quantitative estimate of drug-likeness (QED) is 0.752. The Morgan fingerprint density at radius 2 is 2.19 bits per heavy atom. The molecule has 118 valence electrons. The van der Waals surface area contributed by atoms with Crippen molar-refractivity contribution < 1.29 is 9.84 Å². The van der Waals surface area contributed by atoms with Gasteiger partial charge in [0.05, 0.1) is 18.8 Å². The summed E-state index contributed by atoms with van der Waals surface area (Å²) in [6, 6.07) is 8.16. The number of hydrogen-bond acceptors (Lipinski definition) is 4. The zero-order valence-electron chi connectivity index (χ0n) is 13.0. The maximum absolute atomic E-state index is 10.1. The zero-order valence-corrected chi connectivity index (χ0v) is 13.9. The summed E-state index contributed by atoms with van der Waals surface area (Å²) in [6.07, 6.45) is 6.77. The highest BCUT2D eigenvalue weighted by Gasteiger charge is 2.20. The van der Waals surface area contributed by atoms with Crippen molar-refractivity contribution in [3.63, 3.8) is 0 Å². The number of benzene rings is 1. The molecule has 1 saturated carbocycles. The van der Waals surface area contributed by atoms with Crippen LogP contribution in [0.2, 0.25) is 0 Å². The van der Waals surface area contributed by atoms with E-state index < -0.39 is 6.10 Å². The molecule has 3 nitrogen and oxygen atoms in total. The normalized spacial score (nSPS) is 23.8. The summed E-state index contributed by atoms with van der Waals surface area (Å²) in [5.41, 5.74) is 1.08. The monoisotopic (exact) mass is 309 g/mol. The fraction of sp³-hybridized carbons (Fsp3) is 0.647. The molecule has 1 fully saturated rings. The minimum Gasteiger partial charge on any atom is -0.389 e. The Labute approximate surface area is 132 Å². The van der Waals surface area contributed by atoms with Gasteiger partial charge in [-0.1, -0.05) is 31.9 Å². The SMILES string of the molecule is CSc1ccccc1NCC(O)COC1CCCC(C)C1. The zero-order chi connectivity index (χ0) is 15.1. The number of nitrogens with one attached hydrogen (secondary N) is 1. The van der Waals surface area contributed by atoms with Crippen molar-refractivity contribution in [3.8, 4) is 0 Å². The minimum atomic E-state index is -0.461. The Morgan fingerprint density at radius 1 is 1.38 bits per heavy atom. The van der Waals surface area contributed by atoms with Crippen LogP contribution in [0.25, 0.3) is 0 Å². The lowest BCUT2D eigenvalue weighted by Gasteiger charge is -2.27. The Kier molecular flexibility index (Phi) is 6.87. The summed E-state index contributed by atoms with van der Waals surface area (Å²) in [4.78, 5) is 1.20. The number of aliphatic hydroxyl groups excluding tert-OH is 1. The molecule has 0 amide bonds. The predicted molar refractivity (Wildman–Crippen MR) is 90.1 cm³/mol. The highest BCUT2D eigenvalue weighted by molar-refractivity contribution is 7.98. The molecule has 3 unspecified atom stereocenters. The van der Waals surface area contributed by atoms with Gasteiger partial charge in [0.2, 0.25) is 0 Å². The molecule has 0 spiro atoms. The molecule has 1 aliphatic rings. The number of ether oxygens (including phenoxy) is 1. The van der Waals surface area contributed by atoms with Crippen molar-refractivity contribution in [1.29, 1.82) is 0 Å². The van der Waals surface area contributed by atoms with Crippen LogP contribution in [-0.4, -0.2) is 36.7 Å². The van der Waals surface area contributed by atoms with E-state index in [0.717, 1.165) is 24.4 Å². The molecule has 2 rings (SSSR count). The van der Waals surface area contributed by atoms with Gasteiger partial charge in [-0.15, -0.1) is 11.8 Å². The maximum Gasteiger partial charge on any atom is 0.0945 e. The summed E-state index contributed by atoms with van der Waals surface area (Å²) in [5, 5.41) is 13.4. The van der Waals surface area contributed by atoms with E-state index in [9.17, 15) is 5.11 Å². The number of para-hydroxylation sites is 1. The van der Waals surface area contributed by atoms with E-state index in [1.165, 1.54) is 17.7 Å². The molecule has 0 heterocycles. The fourth-order valence-corrected chi connectivity index (χ4v) is 3.43. The molecule has 21 heavy (non-hydrogen) atoms. The molecule has 1 aromatic rings. The molecule has 3 atom stereocenters. The third kappa shape index (κ3) is 5.53. The number of rotatable bonds is 7. The number of thioether (sulfide) groups is 1. The summed E-state index contributed by atoms with van der Waals surface area (Å²) >= 11 is 1.71. The van der Waals surface area contributed by atoms with Gasteiger partial charge in [0.25, 0.3) is 0 Å². The Hall–Kier alpha value is -0.710. The molecule has 0 saturated heterocycles. The van der Waals surface area contributed by atoms with E-state index in [0.29, 0.717) is 19.3 Å². The Morgan fingerprint density at radius 3 is 2.95 bits per heavy atom. The second-order valence-electron chi connectivity index (χ2n) is 5.96. The highest BCUT2D eigenvalue weighted by Crippen LogP contribution is 2.26. The van der Waals surface area contributed by atoms with Gasteiger partial charge in [-0.25, -0.2) is 0 Å². The molecule has 1 aromatic carbocycles. The fourth-order valence-electron chi connectivity index (χ4n) is 2.85. The lowest BCUT2D eigenvalue weighted by Crippen LogP contribution is -2.30. The lowest BCUT2D eigenvalue weighted by atomic mass is 9.89. The van der Waals surface area contributed by atoms with Gasteiger partial charge < -0.3 is 15.2 Å². The smallest absolute Gasteiger partial charge is 0.0945 e. The van der Waals surface area contributed by atoms with E-state index in [2.05, 4.69) is 24.6 Å². The van der Waals surface area contributed by atoms with Gasteiger partial charge in [0.15, 0.2) is 0 Å². The van der Waals surface area contributed by atoms with Crippen LogP contribution >= 0.6 is 11.8 Å². The van der Waals surface area contributed by atoms with Crippen molar-refractivity contribution in [2.75, 3.05) is 24.7 Å². The summed E-state index contributed by atoms with van der Waals surface area (Å²) < 4.78 is 5.86. The standard InChI is InChI=1S/C17H27NO2S/c1-13-6-5-7-15(10-13)20-12-14(19)11-18-16-8-3-4-9-17(16)21-2/h3-4,8-9,13-15,18-19H,5-7,10-12H2,1-2H3. The van der Waals surface area contributed by atoms with Crippen molar-refractivity contribution in [3.05, 3.63) is 24.3 Å². The first kappa shape index (κ1) is 16.7. The molecule has 4 heteroatoms. The lowest BCUT2D eigenvalue weighted by molar-refractivity contribution is -0.0274. The molecule has 2 N–H and O–H groups in total. The average Bonchev–Trinajstić information content (AvgIpc) is 2.51. The Bertz CT molecular complexity index is 427. The van der Waals surface area contributed by atoms with Crippen LogP contribution in [0.5, 0.6) is 0 Å². The maximum atomic E-state index is 10.1. The molecule has 0 aromatic heterocycles. The molecule has 0 aliphatic heterocycles. The van der Waals surface area contributed by atoms with Crippen molar-refractivity contribution in [2.45, 2.75) is 49.7 Å². The second-order valence-corrected chi connectivity index (χ2v) is 6.81. The van der Waals surface area contributed by atoms with Crippen LogP contribution in [0.3, 0.4) is 0 Å². The number of anilines is 1. The predicted octanol–water partition coefficient (Wildman–Crippen LogP) is 3.78. The van der Waals surface area contributed by atoms with Crippen LogP contribution in [0, 0.1) is 5.92 Å². The summed E-state index contributed by atoms with van der Waals surface area (Å²) in [5.74, 6) is 0.757. The highest BCUT2D eigenvalue weighted by atomic mass is 32.2. The van der Waals surface area contributed by atoms with Crippen LogP contribution in [0.15, 0.2) is 29.2 Å². The van der Waals surface area contributed by atoms with Gasteiger partial charge in [-0.3, -0.25) is 0 Å². The average molecular weight is 309 g/mol. The molecule has 1 aliphatic carbocycles. The van der Waals surface area contributed by atoms with Gasteiger partial charge in [0, 0.05) is 17.1 Å². The molecule has 0 radical (unpaired) electrons. The van der Waals surface area contributed by atoms with Crippen LogP contribution < -0.4 is 5.32 Å². The number of aliphatic hydroxyl groups is 1. The van der Waals surface area contributed by atoms with E-state index in [-0.39, 0.29) is 0 Å². The summed E-state index contributed by atoms with van der Waals surface area (Å²) in [7, 11) is 0. The van der Waals surface area contributed by atoms with Gasteiger partial charge >= 0.3 is 0 Å². The van der Waals surface area contributed by atoms with Gasteiger partial charge in [0.1, 0.15) is 0 Å². The first-order valence-corrected chi connectivity index (χ1v) is 9.08. The van der Waals surface area contributed by atoms with Gasteiger partial charge in [-0.2, -0.15) is 0 Å². The van der Waals surface area contributed by atoms with Crippen LogP contribution in [0.4, 0.5) is 5.69 Å². The van der Waals surface area contributed by atoms with Gasteiger partial charge in [-0.05, 0) is 37.1 Å². The van der Waals surface area contributed by atoms with Crippen LogP contribution in [-0.2, 0) is 4.74 Å². The van der Waals surface area contributed by atoms with E-state index in [4.69, 9.17) is 4.74 Å². The second kappa shape index (κ2) is 8.66. The molecule has 0 bridgehead atoms. The minimum absolute atomic E-state index is 0.335. The third-order valence-electron chi connectivity index (χ3n) is 4.05. The number of hydrogen-bond donors (Lipinski definition) is 2. The largest absolute Gasteiger partial charge is 0.389 e.